The second-order valence-corrected chi connectivity index (χ2v) is 7.39. The molecule has 2 aromatic rings. The normalized spacial score (nSPS) is 19.5. The number of rotatable bonds is 6. The van der Waals surface area contributed by atoms with Gasteiger partial charge < -0.3 is 5.73 Å². The largest absolute Gasteiger partial charge is 0.330 e. The molecule has 0 bridgehead atoms. The molecule has 2 aromatic carbocycles. The van der Waals surface area contributed by atoms with Gasteiger partial charge in [-0.2, -0.15) is 5.10 Å². The number of carbonyl (C=O) groups is 1. The first kappa shape index (κ1) is 18.6. The van der Waals surface area contributed by atoms with Gasteiger partial charge >= 0.3 is 0 Å². The van der Waals surface area contributed by atoms with Crippen LogP contribution in [-0.4, -0.2) is 22.5 Å². The zero-order valence-electron chi connectivity index (χ0n) is 14.7. The minimum absolute atomic E-state index is 0.0650. The van der Waals surface area contributed by atoms with Crippen molar-refractivity contribution < 1.29 is 9.18 Å². The molecule has 1 heterocycles. The van der Waals surface area contributed by atoms with Crippen molar-refractivity contribution in [2.45, 2.75) is 31.1 Å². The molecule has 136 valence electrons. The first-order chi connectivity index (χ1) is 12.6. The van der Waals surface area contributed by atoms with E-state index in [1.54, 1.807) is 11.1 Å². The molecule has 1 aliphatic rings. The Bertz CT molecular complexity index is 812. The highest BCUT2D eigenvalue weighted by Gasteiger charge is 2.47. The van der Waals surface area contributed by atoms with Crippen LogP contribution in [0.4, 0.5) is 4.39 Å². The lowest BCUT2D eigenvalue weighted by Crippen LogP contribution is -2.41. The molecule has 2 N–H and O–H groups in total. The van der Waals surface area contributed by atoms with Crippen molar-refractivity contribution in [1.29, 1.82) is 0 Å². The second-order valence-electron chi connectivity index (χ2n) is 6.12. The molecule has 1 aliphatic heterocycles. The topological polar surface area (TPSA) is 58.7 Å². The predicted octanol–water partition coefficient (Wildman–Crippen LogP) is 4.06. The van der Waals surface area contributed by atoms with E-state index in [9.17, 15) is 9.18 Å². The van der Waals surface area contributed by atoms with Gasteiger partial charge in [0.15, 0.2) is 0 Å². The number of thioether (sulfide) groups is 1. The highest BCUT2D eigenvalue weighted by atomic mass is 32.2. The van der Waals surface area contributed by atoms with E-state index in [2.05, 4.69) is 5.10 Å². The highest BCUT2D eigenvalue weighted by Crippen LogP contribution is 2.50. The number of nitrogens with two attached hydrogens (primary N) is 1. The molecule has 1 atom stereocenters. The van der Waals surface area contributed by atoms with Crippen molar-refractivity contribution in [2.24, 2.45) is 10.8 Å². The lowest BCUT2D eigenvalue weighted by atomic mass is 10.00. The molecule has 6 heteroatoms. The Morgan fingerprint density at radius 1 is 1.23 bits per heavy atom. The van der Waals surface area contributed by atoms with Crippen molar-refractivity contribution in [3.05, 3.63) is 71.5 Å². The van der Waals surface area contributed by atoms with E-state index in [0.717, 1.165) is 12.0 Å². The van der Waals surface area contributed by atoms with Crippen LogP contribution in [0.25, 0.3) is 0 Å². The molecule has 3 rings (SSSR count). The number of hydrazone groups is 1. The third-order valence-electron chi connectivity index (χ3n) is 4.35. The Morgan fingerprint density at radius 2 is 2.00 bits per heavy atom. The summed E-state index contributed by atoms with van der Waals surface area (Å²) in [6, 6.07) is 16.2. The average molecular weight is 371 g/mol. The van der Waals surface area contributed by atoms with Gasteiger partial charge in [0.05, 0.1) is 0 Å². The van der Waals surface area contributed by atoms with Gasteiger partial charge in [0.25, 0.3) is 0 Å². The van der Waals surface area contributed by atoms with Crippen LogP contribution < -0.4 is 5.73 Å². The van der Waals surface area contributed by atoms with Gasteiger partial charge in [-0.25, -0.2) is 9.40 Å². The number of halogens is 1. The molecule has 4 nitrogen and oxygen atoms in total. The third kappa shape index (κ3) is 3.52. The standard InChI is InChI=1S/C20H22FN3OS/c1-2-18(25)24-20(12-7-13-22,16-9-4-3-5-10-16)26-19(23-24)15-8-6-11-17(21)14-15/h3-6,8-11,14H,2,7,12-13,22H2,1H3. The van der Waals surface area contributed by atoms with E-state index in [1.807, 2.05) is 43.3 Å². The minimum Gasteiger partial charge on any atom is -0.330 e. The number of nitrogens with zero attached hydrogens (tertiary/aromatic N) is 2. The molecule has 0 saturated heterocycles. The second kappa shape index (κ2) is 8.01. The quantitative estimate of drug-likeness (QED) is 0.833. The Balaban J connectivity index is 2.09. The number of benzene rings is 2. The van der Waals surface area contributed by atoms with Gasteiger partial charge in [-0.3, -0.25) is 4.79 Å². The summed E-state index contributed by atoms with van der Waals surface area (Å²) in [5.41, 5.74) is 7.43. The SMILES string of the molecule is CCC(=O)N1N=C(c2cccc(F)c2)SC1(CCCN)c1ccccc1. The van der Waals surface area contributed by atoms with Crippen LogP contribution in [0.15, 0.2) is 59.7 Å². The van der Waals surface area contributed by atoms with Gasteiger partial charge in [0, 0.05) is 12.0 Å². The number of amides is 1. The number of hydrogen-bond donors (Lipinski definition) is 1. The Hall–Kier alpha value is -2.18. The summed E-state index contributed by atoms with van der Waals surface area (Å²) in [6.07, 6.45) is 1.77. The average Bonchev–Trinajstić information content (AvgIpc) is 3.07. The lowest BCUT2D eigenvalue weighted by molar-refractivity contribution is -0.134. The molecule has 0 spiro atoms. The van der Waals surface area contributed by atoms with Crippen LogP contribution in [0.1, 0.15) is 37.3 Å². The van der Waals surface area contributed by atoms with Crippen molar-refractivity contribution in [2.75, 3.05) is 6.54 Å². The van der Waals surface area contributed by atoms with Crippen LogP contribution in [0.5, 0.6) is 0 Å². The van der Waals surface area contributed by atoms with Gasteiger partial charge in [0.1, 0.15) is 15.7 Å². The molecule has 0 aliphatic carbocycles. The lowest BCUT2D eigenvalue weighted by Gasteiger charge is -2.35. The minimum atomic E-state index is -0.657. The third-order valence-corrected chi connectivity index (χ3v) is 5.81. The van der Waals surface area contributed by atoms with Gasteiger partial charge in [-0.15, -0.1) is 0 Å². The number of carbonyl (C=O) groups excluding carboxylic acids is 1. The van der Waals surface area contributed by atoms with Gasteiger partial charge in [-0.05, 0) is 37.1 Å². The Kier molecular flexibility index (Phi) is 5.74. The van der Waals surface area contributed by atoms with Crippen molar-refractivity contribution in [3.8, 4) is 0 Å². The van der Waals surface area contributed by atoms with Gasteiger partial charge in [0.2, 0.25) is 5.91 Å². The molecule has 0 saturated carbocycles. The van der Waals surface area contributed by atoms with E-state index in [4.69, 9.17) is 5.73 Å². The van der Waals surface area contributed by atoms with Crippen LogP contribution in [0, 0.1) is 5.82 Å². The maximum absolute atomic E-state index is 13.7. The van der Waals surface area contributed by atoms with E-state index >= 15 is 0 Å². The van der Waals surface area contributed by atoms with Crippen molar-refractivity contribution in [3.63, 3.8) is 0 Å². The maximum Gasteiger partial charge on any atom is 0.244 e. The molecule has 0 fully saturated rings. The Morgan fingerprint density at radius 3 is 2.65 bits per heavy atom. The summed E-state index contributed by atoms with van der Waals surface area (Å²) >= 11 is 1.50. The summed E-state index contributed by atoms with van der Waals surface area (Å²) in [5.74, 6) is -0.386. The van der Waals surface area contributed by atoms with Crippen LogP contribution in [-0.2, 0) is 9.67 Å². The smallest absolute Gasteiger partial charge is 0.244 e. The monoisotopic (exact) mass is 371 g/mol. The fourth-order valence-corrected chi connectivity index (χ4v) is 4.48. The zero-order chi connectivity index (χ0) is 18.6. The Labute approximate surface area is 157 Å². The first-order valence-electron chi connectivity index (χ1n) is 8.73. The molecular formula is C20H22FN3OS. The predicted molar refractivity (Wildman–Crippen MR) is 104 cm³/mol. The molecule has 1 amide bonds. The summed E-state index contributed by atoms with van der Waals surface area (Å²) < 4.78 is 13.7. The molecule has 0 radical (unpaired) electrons. The fourth-order valence-electron chi connectivity index (χ4n) is 3.06. The summed E-state index contributed by atoms with van der Waals surface area (Å²) in [7, 11) is 0. The summed E-state index contributed by atoms with van der Waals surface area (Å²) in [5, 5.41) is 6.83. The van der Waals surface area contributed by atoms with Crippen molar-refractivity contribution >= 4 is 22.7 Å². The molecular weight excluding hydrogens is 349 g/mol. The first-order valence-corrected chi connectivity index (χ1v) is 9.54. The van der Waals surface area contributed by atoms with E-state index < -0.39 is 4.87 Å². The van der Waals surface area contributed by atoms with E-state index in [0.29, 0.717) is 30.0 Å². The fraction of sp³-hybridized carbons (Fsp3) is 0.300. The highest BCUT2D eigenvalue weighted by molar-refractivity contribution is 8.15. The summed E-state index contributed by atoms with van der Waals surface area (Å²) in [4.78, 5) is 12.1. The van der Waals surface area contributed by atoms with Crippen molar-refractivity contribution in [1.82, 2.24) is 5.01 Å². The van der Waals surface area contributed by atoms with Crippen LogP contribution >= 0.6 is 11.8 Å². The summed E-state index contributed by atoms with van der Waals surface area (Å²) in [6.45, 7) is 2.35. The van der Waals surface area contributed by atoms with E-state index in [-0.39, 0.29) is 11.7 Å². The zero-order valence-corrected chi connectivity index (χ0v) is 15.5. The maximum atomic E-state index is 13.7. The van der Waals surface area contributed by atoms with Crippen LogP contribution in [0.2, 0.25) is 0 Å². The van der Waals surface area contributed by atoms with Gasteiger partial charge in [-0.1, -0.05) is 61.2 Å². The number of hydrogen-bond acceptors (Lipinski definition) is 4. The molecule has 0 aromatic heterocycles. The van der Waals surface area contributed by atoms with Crippen LogP contribution in [0.3, 0.4) is 0 Å². The van der Waals surface area contributed by atoms with E-state index in [1.165, 1.54) is 23.9 Å². The molecule has 26 heavy (non-hydrogen) atoms. The molecule has 1 unspecified atom stereocenters.